The van der Waals surface area contributed by atoms with Gasteiger partial charge in [0.2, 0.25) is 0 Å². The molecule has 1 aromatic carbocycles. The fourth-order valence-electron chi connectivity index (χ4n) is 3.41. The Labute approximate surface area is 157 Å². The van der Waals surface area contributed by atoms with E-state index in [0.29, 0.717) is 11.6 Å². The van der Waals surface area contributed by atoms with Crippen molar-refractivity contribution in [3.63, 3.8) is 0 Å². The molecule has 3 aromatic heterocycles. The quantitative estimate of drug-likeness (QED) is 0.592. The number of para-hydroxylation sites is 1. The number of nitrogens with zero attached hydrogens (tertiary/aromatic N) is 5. The lowest BCUT2D eigenvalue weighted by molar-refractivity contribution is 0.0925. The van der Waals surface area contributed by atoms with Gasteiger partial charge in [-0.15, -0.1) is 10.2 Å². The fourth-order valence-corrected chi connectivity index (χ4v) is 3.41. The Bertz CT molecular complexity index is 1110. The first-order valence-electron chi connectivity index (χ1n) is 9.07. The Morgan fingerprint density at radius 2 is 1.89 bits per heavy atom. The van der Waals surface area contributed by atoms with Crippen LogP contribution in [0, 0.1) is 5.92 Å². The summed E-state index contributed by atoms with van der Waals surface area (Å²) < 4.78 is 3.65. The zero-order chi connectivity index (χ0) is 19.0. The molecule has 138 valence electrons. The number of aryl methyl sites for hydroxylation is 1. The highest BCUT2D eigenvalue weighted by atomic mass is 16.2. The fraction of sp³-hybridized carbons (Fsp3) is 0.300. The van der Waals surface area contributed by atoms with Gasteiger partial charge in [-0.25, -0.2) is 0 Å². The SMILES string of the molecule is CC(C)C[C@H](NC(=O)c1nn(C)c2ccccc12)c1nnc2ccccn12. The maximum Gasteiger partial charge on any atom is 0.273 e. The maximum absolute atomic E-state index is 13.1. The van der Waals surface area contributed by atoms with Crippen molar-refractivity contribution in [1.82, 2.24) is 29.7 Å². The van der Waals surface area contributed by atoms with Crippen LogP contribution in [0.4, 0.5) is 0 Å². The minimum atomic E-state index is -0.254. The van der Waals surface area contributed by atoms with Crippen molar-refractivity contribution in [1.29, 1.82) is 0 Å². The number of pyridine rings is 1. The minimum absolute atomic E-state index is 0.204. The first-order chi connectivity index (χ1) is 13.0. The lowest BCUT2D eigenvalue weighted by Gasteiger charge is -2.18. The molecule has 0 unspecified atom stereocenters. The molecule has 0 aliphatic heterocycles. The van der Waals surface area contributed by atoms with Crippen LogP contribution in [0.5, 0.6) is 0 Å². The lowest BCUT2D eigenvalue weighted by atomic mass is 10.0. The van der Waals surface area contributed by atoms with Crippen LogP contribution in [0.25, 0.3) is 16.6 Å². The molecule has 1 atom stereocenters. The van der Waals surface area contributed by atoms with Crippen molar-refractivity contribution >= 4 is 22.5 Å². The molecule has 0 spiro atoms. The third kappa shape index (κ3) is 3.16. The first kappa shape index (κ1) is 17.2. The average Bonchev–Trinajstić information content (AvgIpc) is 3.23. The number of rotatable bonds is 5. The molecule has 0 radical (unpaired) electrons. The van der Waals surface area contributed by atoms with Crippen molar-refractivity contribution in [2.24, 2.45) is 13.0 Å². The van der Waals surface area contributed by atoms with E-state index >= 15 is 0 Å². The van der Waals surface area contributed by atoms with E-state index in [2.05, 4.69) is 34.5 Å². The Hall–Kier alpha value is -3.22. The predicted molar refractivity (Wildman–Crippen MR) is 103 cm³/mol. The summed E-state index contributed by atoms with van der Waals surface area (Å²) in [6.07, 6.45) is 2.67. The molecule has 0 fully saturated rings. The van der Waals surface area contributed by atoms with Gasteiger partial charge in [-0.3, -0.25) is 13.9 Å². The van der Waals surface area contributed by atoms with Crippen molar-refractivity contribution in [3.8, 4) is 0 Å². The van der Waals surface area contributed by atoms with Gasteiger partial charge < -0.3 is 5.32 Å². The summed E-state index contributed by atoms with van der Waals surface area (Å²) in [5.41, 5.74) is 2.12. The monoisotopic (exact) mass is 362 g/mol. The summed E-state index contributed by atoms with van der Waals surface area (Å²) in [5.74, 6) is 0.907. The third-order valence-corrected chi connectivity index (χ3v) is 4.64. The highest BCUT2D eigenvalue weighted by Gasteiger charge is 2.24. The number of nitrogens with one attached hydrogen (secondary N) is 1. The van der Waals surface area contributed by atoms with Gasteiger partial charge >= 0.3 is 0 Å². The van der Waals surface area contributed by atoms with Crippen molar-refractivity contribution < 1.29 is 4.79 Å². The Morgan fingerprint density at radius 1 is 1.11 bits per heavy atom. The maximum atomic E-state index is 13.1. The van der Waals surface area contributed by atoms with E-state index in [-0.39, 0.29) is 11.9 Å². The second kappa shape index (κ2) is 6.83. The largest absolute Gasteiger partial charge is 0.341 e. The van der Waals surface area contributed by atoms with Crippen molar-refractivity contribution in [3.05, 3.63) is 60.2 Å². The van der Waals surface area contributed by atoms with Crippen molar-refractivity contribution in [2.45, 2.75) is 26.3 Å². The van der Waals surface area contributed by atoms with E-state index in [9.17, 15) is 4.79 Å². The number of carbonyl (C=O) groups is 1. The highest BCUT2D eigenvalue weighted by molar-refractivity contribution is 6.04. The Balaban J connectivity index is 1.70. The zero-order valence-electron chi connectivity index (χ0n) is 15.6. The second-order valence-corrected chi connectivity index (χ2v) is 7.13. The highest BCUT2D eigenvalue weighted by Crippen LogP contribution is 2.23. The van der Waals surface area contributed by atoms with Crippen LogP contribution in [0.3, 0.4) is 0 Å². The number of carbonyl (C=O) groups excluding carboxylic acids is 1. The van der Waals surface area contributed by atoms with Crippen LogP contribution in [-0.2, 0) is 7.05 Å². The van der Waals surface area contributed by atoms with E-state index in [1.54, 1.807) is 4.68 Å². The number of hydrogen-bond acceptors (Lipinski definition) is 4. The molecule has 0 saturated heterocycles. The molecule has 0 aliphatic rings. The van der Waals surface area contributed by atoms with Gasteiger partial charge in [0, 0.05) is 18.6 Å². The summed E-state index contributed by atoms with van der Waals surface area (Å²) >= 11 is 0. The van der Waals surface area contributed by atoms with E-state index < -0.39 is 0 Å². The Morgan fingerprint density at radius 3 is 2.70 bits per heavy atom. The smallest absolute Gasteiger partial charge is 0.273 e. The molecule has 7 heteroatoms. The molecule has 7 nitrogen and oxygen atoms in total. The third-order valence-electron chi connectivity index (χ3n) is 4.64. The van der Waals surface area contributed by atoms with Gasteiger partial charge in [0.15, 0.2) is 17.2 Å². The molecule has 0 aliphatic carbocycles. The van der Waals surface area contributed by atoms with Crippen LogP contribution >= 0.6 is 0 Å². The summed E-state index contributed by atoms with van der Waals surface area (Å²) in [6, 6.07) is 13.2. The summed E-state index contributed by atoms with van der Waals surface area (Å²) in [6.45, 7) is 4.25. The molecule has 4 rings (SSSR count). The summed E-state index contributed by atoms with van der Waals surface area (Å²) in [4.78, 5) is 13.1. The predicted octanol–water partition coefficient (Wildman–Crippen LogP) is 3.13. The van der Waals surface area contributed by atoms with Gasteiger partial charge in [0.05, 0.1) is 11.6 Å². The molecule has 0 bridgehead atoms. The number of fused-ring (bicyclic) bond motifs is 2. The minimum Gasteiger partial charge on any atom is -0.341 e. The van der Waals surface area contributed by atoms with Gasteiger partial charge in [-0.05, 0) is 30.5 Å². The van der Waals surface area contributed by atoms with Gasteiger partial charge in [0.1, 0.15) is 0 Å². The molecule has 1 N–H and O–H groups in total. The van der Waals surface area contributed by atoms with Crippen LogP contribution in [-0.4, -0.2) is 30.3 Å². The molecule has 0 saturated carbocycles. The standard InChI is InChI=1S/C20H22N6O/c1-13(2)12-15(19-23-22-17-10-6-7-11-26(17)19)21-20(27)18-14-8-4-5-9-16(14)25(3)24-18/h4-11,13,15H,12H2,1-3H3,(H,21,27)/t15-/m0/s1. The van der Waals surface area contributed by atoms with E-state index in [0.717, 1.165) is 28.8 Å². The normalized spacial score (nSPS) is 12.7. The zero-order valence-corrected chi connectivity index (χ0v) is 15.6. The first-order valence-corrected chi connectivity index (χ1v) is 9.07. The molecule has 3 heterocycles. The Kier molecular flexibility index (Phi) is 4.35. The van der Waals surface area contributed by atoms with Crippen LogP contribution in [0.2, 0.25) is 0 Å². The van der Waals surface area contributed by atoms with Crippen LogP contribution in [0.15, 0.2) is 48.7 Å². The molecular formula is C20H22N6O. The number of aromatic nitrogens is 5. The summed E-state index contributed by atoms with van der Waals surface area (Å²) in [5, 5.41) is 17.0. The average molecular weight is 362 g/mol. The van der Waals surface area contributed by atoms with E-state index in [1.807, 2.05) is 60.1 Å². The van der Waals surface area contributed by atoms with Crippen LogP contribution < -0.4 is 5.32 Å². The van der Waals surface area contributed by atoms with Gasteiger partial charge in [0.25, 0.3) is 5.91 Å². The molecular weight excluding hydrogens is 340 g/mol. The molecule has 4 aromatic rings. The van der Waals surface area contributed by atoms with Crippen LogP contribution in [0.1, 0.15) is 42.6 Å². The number of benzene rings is 1. The topological polar surface area (TPSA) is 77.1 Å². The summed E-state index contributed by atoms with van der Waals surface area (Å²) in [7, 11) is 1.84. The number of amides is 1. The van der Waals surface area contributed by atoms with Crippen molar-refractivity contribution in [2.75, 3.05) is 0 Å². The molecule has 27 heavy (non-hydrogen) atoms. The molecule has 1 amide bonds. The number of hydrogen-bond donors (Lipinski definition) is 1. The second-order valence-electron chi connectivity index (χ2n) is 7.13. The van der Waals surface area contributed by atoms with Gasteiger partial charge in [-0.1, -0.05) is 38.1 Å². The van der Waals surface area contributed by atoms with E-state index in [4.69, 9.17) is 0 Å². The lowest BCUT2D eigenvalue weighted by Crippen LogP contribution is -2.31. The van der Waals surface area contributed by atoms with E-state index in [1.165, 1.54) is 0 Å². The van der Waals surface area contributed by atoms with Gasteiger partial charge in [-0.2, -0.15) is 5.10 Å².